The van der Waals surface area contributed by atoms with Crippen LogP contribution in [0.3, 0.4) is 0 Å². The molecule has 1 aliphatic rings. The molecule has 0 aromatic rings. The van der Waals surface area contributed by atoms with E-state index < -0.39 is 0 Å². The van der Waals surface area contributed by atoms with Crippen molar-refractivity contribution in [2.24, 2.45) is 11.1 Å². The second-order valence-corrected chi connectivity index (χ2v) is 4.36. The van der Waals surface area contributed by atoms with Crippen LogP contribution in [0.1, 0.15) is 33.1 Å². The Labute approximate surface area is 98.8 Å². The molecular formula is C13H22N2O. The van der Waals surface area contributed by atoms with Gasteiger partial charge in [0.15, 0.2) is 0 Å². The van der Waals surface area contributed by atoms with Crippen LogP contribution in [0, 0.1) is 17.8 Å². The van der Waals surface area contributed by atoms with Crippen LogP contribution in [0.5, 0.6) is 0 Å². The molecule has 0 aromatic carbocycles. The van der Waals surface area contributed by atoms with E-state index in [2.05, 4.69) is 28.8 Å². The van der Waals surface area contributed by atoms with Gasteiger partial charge in [0.05, 0.1) is 12.3 Å². The highest BCUT2D eigenvalue weighted by molar-refractivity contribution is 5.83. The Morgan fingerprint density at radius 2 is 2.06 bits per heavy atom. The summed E-state index contributed by atoms with van der Waals surface area (Å²) >= 11 is 0. The summed E-state index contributed by atoms with van der Waals surface area (Å²) in [5, 5.41) is 3.92. The van der Waals surface area contributed by atoms with Crippen LogP contribution in [-0.2, 0) is 4.84 Å². The maximum atomic E-state index is 4.74. The summed E-state index contributed by atoms with van der Waals surface area (Å²) in [7, 11) is 1.58. The molecule has 1 fully saturated rings. The Morgan fingerprint density at radius 1 is 1.38 bits per heavy atom. The van der Waals surface area contributed by atoms with Crippen molar-refractivity contribution in [2.45, 2.75) is 33.1 Å². The topological polar surface area (TPSA) is 24.8 Å². The zero-order valence-electron chi connectivity index (χ0n) is 10.6. The SMILES string of the molecule is CO/N=C(\C)C(C)CC#CCN1CCCC1. The lowest BCUT2D eigenvalue weighted by atomic mass is 10.0. The highest BCUT2D eigenvalue weighted by Gasteiger charge is 2.09. The Bertz CT molecular complexity index is 282. The molecule has 0 saturated carbocycles. The molecule has 1 aliphatic heterocycles. The third-order valence-electron chi connectivity index (χ3n) is 2.98. The molecule has 0 N–H and O–H groups in total. The fraction of sp³-hybridized carbons (Fsp3) is 0.769. The smallest absolute Gasteiger partial charge is 0.106 e. The molecule has 16 heavy (non-hydrogen) atoms. The number of nitrogens with zero attached hydrogens (tertiary/aromatic N) is 2. The number of likely N-dealkylation sites (tertiary alicyclic amines) is 1. The van der Waals surface area contributed by atoms with E-state index in [1.807, 2.05) is 6.92 Å². The standard InChI is InChI=1S/C13H22N2O/c1-12(13(2)14-16-3)8-4-5-9-15-10-6-7-11-15/h12H,6-11H2,1-3H3/b14-13+. The Kier molecular flexibility index (Phi) is 5.95. The van der Waals surface area contributed by atoms with Gasteiger partial charge in [0.2, 0.25) is 0 Å². The average molecular weight is 222 g/mol. The van der Waals surface area contributed by atoms with Gasteiger partial charge in [-0.15, -0.1) is 5.92 Å². The fourth-order valence-corrected chi connectivity index (χ4v) is 1.72. The molecule has 0 amide bonds. The largest absolute Gasteiger partial charge is 0.399 e. The van der Waals surface area contributed by atoms with Crippen molar-refractivity contribution in [1.29, 1.82) is 0 Å². The third kappa shape index (κ3) is 4.67. The van der Waals surface area contributed by atoms with E-state index in [1.54, 1.807) is 7.11 Å². The second-order valence-electron chi connectivity index (χ2n) is 4.36. The van der Waals surface area contributed by atoms with Gasteiger partial charge >= 0.3 is 0 Å². The van der Waals surface area contributed by atoms with Gasteiger partial charge in [-0.05, 0) is 32.9 Å². The van der Waals surface area contributed by atoms with Crippen molar-refractivity contribution in [1.82, 2.24) is 4.90 Å². The van der Waals surface area contributed by atoms with Gasteiger partial charge < -0.3 is 4.84 Å². The molecule has 1 unspecified atom stereocenters. The fourth-order valence-electron chi connectivity index (χ4n) is 1.72. The zero-order chi connectivity index (χ0) is 11.8. The van der Waals surface area contributed by atoms with Crippen LogP contribution >= 0.6 is 0 Å². The zero-order valence-corrected chi connectivity index (χ0v) is 10.6. The summed E-state index contributed by atoms with van der Waals surface area (Å²) in [6.07, 6.45) is 3.53. The molecule has 3 heteroatoms. The van der Waals surface area contributed by atoms with Crippen molar-refractivity contribution < 1.29 is 4.84 Å². The summed E-state index contributed by atoms with van der Waals surface area (Å²) in [5.74, 6) is 6.84. The summed E-state index contributed by atoms with van der Waals surface area (Å²) in [4.78, 5) is 7.15. The van der Waals surface area contributed by atoms with Crippen molar-refractivity contribution in [2.75, 3.05) is 26.7 Å². The predicted molar refractivity (Wildman–Crippen MR) is 67.3 cm³/mol. The molecular weight excluding hydrogens is 200 g/mol. The van der Waals surface area contributed by atoms with Gasteiger partial charge in [-0.25, -0.2) is 0 Å². The molecule has 0 aromatic heterocycles. The summed E-state index contributed by atoms with van der Waals surface area (Å²) in [6.45, 7) is 7.47. The van der Waals surface area contributed by atoms with Crippen LogP contribution in [-0.4, -0.2) is 37.4 Å². The van der Waals surface area contributed by atoms with Crippen LogP contribution in [0.25, 0.3) is 0 Å². The number of hydrogen-bond donors (Lipinski definition) is 0. The van der Waals surface area contributed by atoms with Crippen molar-refractivity contribution in [3.05, 3.63) is 0 Å². The number of oxime groups is 1. The van der Waals surface area contributed by atoms with E-state index in [1.165, 1.54) is 25.9 Å². The van der Waals surface area contributed by atoms with Gasteiger partial charge in [0.1, 0.15) is 7.11 Å². The molecule has 1 heterocycles. The first-order chi connectivity index (χ1) is 7.74. The molecule has 3 nitrogen and oxygen atoms in total. The Morgan fingerprint density at radius 3 is 2.69 bits per heavy atom. The van der Waals surface area contributed by atoms with Gasteiger partial charge in [0.25, 0.3) is 0 Å². The minimum atomic E-state index is 0.381. The van der Waals surface area contributed by atoms with E-state index >= 15 is 0 Å². The van der Waals surface area contributed by atoms with Crippen LogP contribution in [0.4, 0.5) is 0 Å². The van der Waals surface area contributed by atoms with Gasteiger partial charge in [-0.2, -0.15) is 0 Å². The van der Waals surface area contributed by atoms with Gasteiger partial charge in [-0.1, -0.05) is 18.0 Å². The van der Waals surface area contributed by atoms with E-state index in [9.17, 15) is 0 Å². The monoisotopic (exact) mass is 222 g/mol. The van der Waals surface area contributed by atoms with Crippen LogP contribution in [0.15, 0.2) is 5.16 Å². The van der Waals surface area contributed by atoms with E-state index in [0.29, 0.717) is 5.92 Å². The quantitative estimate of drug-likeness (QED) is 0.413. The Hall–Kier alpha value is -1.01. The van der Waals surface area contributed by atoms with Crippen LogP contribution < -0.4 is 0 Å². The minimum absolute atomic E-state index is 0.381. The van der Waals surface area contributed by atoms with Gasteiger partial charge in [0, 0.05) is 12.3 Å². The Balaban J connectivity index is 2.22. The number of hydrogen-bond acceptors (Lipinski definition) is 3. The van der Waals surface area contributed by atoms with Crippen molar-refractivity contribution in [3.63, 3.8) is 0 Å². The maximum absolute atomic E-state index is 4.74. The highest BCUT2D eigenvalue weighted by atomic mass is 16.6. The molecule has 1 atom stereocenters. The summed E-state index contributed by atoms with van der Waals surface area (Å²) < 4.78 is 0. The van der Waals surface area contributed by atoms with Crippen molar-refractivity contribution >= 4 is 5.71 Å². The van der Waals surface area contributed by atoms with Crippen LogP contribution in [0.2, 0.25) is 0 Å². The second kappa shape index (κ2) is 7.29. The molecule has 0 radical (unpaired) electrons. The highest BCUT2D eigenvalue weighted by Crippen LogP contribution is 2.06. The molecule has 0 bridgehead atoms. The molecule has 1 rings (SSSR count). The normalized spacial score (nSPS) is 19.1. The third-order valence-corrected chi connectivity index (χ3v) is 2.98. The molecule has 0 aliphatic carbocycles. The molecule has 0 spiro atoms. The van der Waals surface area contributed by atoms with E-state index in [0.717, 1.165) is 18.7 Å². The maximum Gasteiger partial charge on any atom is 0.106 e. The van der Waals surface area contributed by atoms with E-state index in [4.69, 9.17) is 4.84 Å². The first kappa shape index (κ1) is 13.1. The van der Waals surface area contributed by atoms with Gasteiger partial charge in [-0.3, -0.25) is 4.90 Å². The first-order valence-electron chi connectivity index (χ1n) is 5.99. The van der Waals surface area contributed by atoms with Crippen molar-refractivity contribution in [3.8, 4) is 11.8 Å². The minimum Gasteiger partial charge on any atom is -0.399 e. The predicted octanol–water partition coefficient (Wildman–Crippen LogP) is 2.13. The lowest BCUT2D eigenvalue weighted by Gasteiger charge is -2.09. The lowest BCUT2D eigenvalue weighted by Crippen LogP contribution is -2.19. The summed E-state index contributed by atoms with van der Waals surface area (Å²) in [6, 6.07) is 0. The molecule has 90 valence electrons. The summed E-state index contributed by atoms with van der Waals surface area (Å²) in [5.41, 5.74) is 1.01. The lowest BCUT2D eigenvalue weighted by molar-refractivity contribution is 0.211. The average Bonchev–Trinajstić information content (AvgIpc) is 2.77. The number of rotatable bonds is 4. The first-order valence-corrected chi connectivity index (χ1v) is 5.99. The van der Waals surface area contributed by atoms with E-state index in [-0.39, 0.29) is 0 Å². The molecule has 1 saturated heterocycles.